The molecule has 0 radical (unpaired) electrons. The molecule has 0 spiro atoms. The summed E-state index contributed by atoms with van der Waals surface area (Å²) in [7, 11) is 0. The van der Waals surface area contributed by atoms with E-state index in [1.54, 1.807) is 12.1 Å². The van der Waals surface area contributed by atoms with Crippen LogP contribution in [0.2, 0.25) is 0 Å². The highest BCUT2D eigenvalue weighted by Gasteiger charge is 2.19. The summed E-state index contributed by atoms with van der Waals surface area (Å²) in [6.45, 7) is 2.52. The smallest absolute Gasteiger partial charge is 0.261 e. The Kier molecular flexibility index (Phi) is 6.41. The van der Waals surface area contributed by atoms with Gasteiger partial charge in [-0.1, -0.05) is 37.3 Å². The number of hydrogen-bond donors (Lipinski definition) is 1. The second kappa shape index (κ2) is 8.78. The molecule has 0 aliphatic rings. The predicted octanol–water partition coefficient (Wildman–Crippen LogP) is 3.18. The molecule has 0 unspecified atom stereocenters. The molecule has 0 heterocycles. The van der Waals surface area contributed by atoms with E-state index in [1.165, 1.54) is 12.1 Å². The fraction of sp³-hybridized carbons (Fsp3) is 0.278. The highest BCUT2D eigenvalue weighted by Crippen LogP contribution is 2.18. The largest absolute Gasteiger partial charge is 0.492 e. The molecule has 0 aliphatic carbocycles. The number of para-hydroxylation sites is 2. The molecule has 2 aromatic carbocycles. The fourth-order valence-corrected chi connectivity index (χ4v) is 1.99. The van der Waals surface area contributed by atoms with Gasteiger partial charge in [0.15, 0.2) is 17.7 Å². The number of amides is 1. The third-order valence-electron chi connectivity index (χ3n) is 3.18. The summed E-state index contributed by atoms with van der Waals surface area (Å²) >= 11 is 0. The van der Waals surface area contributed by atoms with Gasteiger partial charge in [0, 0.05) is 0 Å². The number of nitrogens with one attached hydrogen (secondary N) is 1. The first-order chi connectivity index (χ1) is 11.2. The van der Waals surface area contributed by atoms with Gasteiger partial charge in [0.25, 0.3) is 5.91 Å². The third-order valence-corrected chi connectivity index (χ3v) is 3.18. The first-order valence-corrected chi connectivity index (χ1v) is 7.57. The van der Waals surface area contributed by atoms with Crippen LogP contribution >= 0.6 is 0 Å². The van der Waals surface area contributed by atoms with Crippen LogP contribution in [0.5, 0.6) is 11.5 Å². The van der Waals surface area contributed by atoms with Crippen molar-refractivity contribution >= 4 is 5.91 Å². The number of carbonyl (C=O) groups excluding carboxylic acids is 1. The molecule has 1 amide bonds. The van der Waals surface area contributed by atoms with Crippen molar-refractivity contribution < 1.29 is 18.7 Å². The Morgan fingerprint density at radius 2 is 1.83 bits per heavy atom. The van der Waals surface area contributed by atoms with Crippen molar-refractivity contribution in [2.45, 2.75) is 19.4 Å². The zero-order valence-corrected chi connectivity index (χ0v) is 13.0. The van der Waals surface area contributed by atoms with E-state index in [1.807, 2.05) is 37.3 Å². The first-order valence-electron chi connectivity index (χ1n) is 7.57. The van der Waals surface area contributed by atoms with Crippen LogP contribution in [0.15, 0.2) is 54.6 Å². The highest BCUT2D eigenvalue weighted by atomic mass is 19.1. The number of halogens is 1. The summed E-state index contributed by atoms with van der Waals surface area (Å²) in [5.74, 6) is 0.0602. The van der Waals surface area contributed by atoms with Crippen molar-refractivity contribution in [3.63, 3.8) is 0 Å². The lowest BCUT2D eigenvalue weighted by Crippen LogP contribution is -2.39. The minimum Gasteiger partial charge on any atom is -0.492 e. The topological polar surface area (TPSA) is 47.6 Å². The minimum absolute atomic E-state index is 0.0787. The lowest BCUT2D eigenvalue weighted by molar-refractivity contribution is -0.128. The standard InChI is InChI=1S/C18H20FNO3/c1-2-16(23-17-11-7-6-10-15(17)19)18(21)20-12-13-22-14-8-4-3-5-9-14/h3-11,16H,2,12-13H2,1H3,(H,20,21)/t16-/m1/s1. The average molecular weight is 317 g/mol. The van der Waals surface area contributed by atoms with Crippen LogP contribution < -0.4 is 14.8 Å². The second-order valence-corrected chi connectivity index (χ2v) is 4.90. The molecule has 1 atom stereocenters. The molecule has 0 aliphatic heterocycles. The van der Waals surface area contributed by atoms with Crippen LogP contribution in [-0.2, 0) is 4.79 Å². The van der Waals surface area contributed by atoms with Crippen molar-refractivity contribution in [3.8, 4) is 11.5 Å². The maximum atomic E-state index is 13.6. The van der Waals surface area contributed by atoms with Gasteiger partial charge in [0.05, 0.1) is 6.54 Å². The van der Waals surface area contributed by atoms with Gasteiger partial charge in [0.2, 0.25) is 0 Å². The van der Waals surface area contributed by atoms with E-state index >= 15 is 0 Å². The molecule has 122 valence electrons. The van der Waals surface area contributed by atoms with Crippen LogP contribution in [-0.4, -0.2) is 25.2 Å². The molecule has 2 rings (SSSR count). The Hall–Kier alpha value is -2.56. The molecule has 1 N–H and O–H groups in total. The average Bonchev–Trinajstić information content (AvgIpc) is 2.59. The van der Waals surface area contributed by atoms with Gasteiger partial charge in [-0.3, -0.25) is 4.79 Å². The van der Waals surface area contributed by atoms with Gasteiger partial charge < -0.3 is 14.8 Å². The first kappa shape index (κ1) is 16.8. The van der Waals surface area contributed by atoms with Crippen molar-refractivity contribution in [3.05, 3.63) is 60.4 Å². The van der Waals surface area contributed by atoms with Gasteiger partial charge in [-0.25, -0.2) is 4.39 Å². The molecule has 23 heavy (non-hydrogen) atoms. The predicted molar refractivity (Wildman–Crippen MR) is 86.1 cm³/mol. The number of benzene rings is 2. The summed E-state index contributed by atoms with van der Waals surface area (Å²) in [5.41, 5.74) is 0. The van der Waals surface area contributed by atoms with Crippen LogP contribution in [0.4, 0.5) is 4.39 Å². The van der Waals surface area contributed by atoms with Crippen LogP contribution in [0, 0.1) is 5.82 Å². The van der Waals surface area contributed by atoms with Crippen molar-refractivity contribution in [1.82, 2.24) is 5.32 Å². The molecule has 0 saturated heterocycles. The van der Waals surface area contributed by atoms with E-state index < -0.39 is 11.9 Å². The monoisotopic (exact) mass is 317 g/mol. The lowest BCUT2D eigenvalue weighted by Gasteiger charge is -2.17. The summed E-state index contributed by atoms with van der Waals surface area (Å²) in [6, 6.07) is 15.4. The summed E-state index contributed by atoms with van der Waals surface area (Å²) in [4.78, 5) is 12.1. The Morgan fingerprint density at radius 1 is 1.13 bits per heavy atom. The Balaban J connectivity index is 1.77. The van der Waals surface area contributed by atoms with E-state index in [4.69, 9.17) is 9.47 Å². The maximum Gasteiger partial charge on any atom is 0.261 e. The van der Waals surface area contributed by atoms with Gasteiger partial charge in [-0.15, -0.1) is 0 Å². The molecular weight excluding hydrogens is 297 g/mol. The molecular formula is C18H20FNO3. The van der Waals surface area contributed by atoms with Gasteiger partial charge in [-0.05, 0) is 30.7 Å². The molecule has 4 nitrogen and oxygen atoms in total. The highest BCUT2D eigenvalue weighted by molar-refractivity contribution is 5.81. The Bertz CT molecular complexity index is 619. The maximum absolute atomic E-state index is 13.6. The van der Waals surface area contributed by atoms with Crippen molar-refractivity contribution in [2.24, 2.45) is 0 Å². The number of carbonyl (C=O) groups is 1. The van der Waals surface area contributed by atoms with E-state index in [0.717, 1.165) is 5.75 Å². The fourth-order valence-electron chi connectivity index (χ4n) is 1.99. The zero-order chi connectivity index (χ0) is 16.5. The Morgan fingerprint density at radius 3 is 2.52 bits per heavy atom. The molecule has 2 aromatic rings. The summed E-state index contributed by atoms with van der Waals surface area (Å²) < 4.78 is 24.5. The van der Waals surface area contributed by atoms with Crippen molar-refractivity contribution in [2.75, 3.05) is 13.2 Å². The van der Waals surface area contributed by atoms with Gasteiger partial charge in [-0.2, -0.15) is 0 Å². The quantitative estimate of drug-likeness (QED) is 0.761. The minimum atomic E-state index is -0.733. The van der Waals surface area contributed by atoms with Gasteiger partial charge >= 0.3 is 0 Å². The summed E-state index contributed by atoms with van der Waals surface area (Å²) in [5, 5.41) is 2.73. The van der Waals surface area contributed by atoms with Crippen molar-refractivity contribution in [1.29, 1.82) is 0 Å². The van der Waals surface area contributed by atoms with Gasteiger partial charge in [0.1, 0.15) is 12.4 Å². The molecule has 0 fully saturated rings. The van der Waals surface area contributed by atoms with E-state index in [0.29, 0.717) is 19.6 Å². The number of hydrogen-bond acceptors (Lipinski definition) is 3. The molecule has 0 saturated carbocycles. The number of ether oxygens (including phenoxy) is 2. The number of rotatable bonds is 8. The van der Waals surface area contributed by atoms with Crippen LogP contribution in [0.25, 0.3) is 0 Å². The molecule has 0 aromatic heterocycles. The zero-order valence-electron chi connectivity index (χ0n) is 13.0. The van der Waals surface area contributed by atoms with E-state index in [-0.39, 0.29) is 11.7 Å². The molecule has 5 heteroatoms. The van der Waals surface area contributed by atoms with E-state index in [2.05, 4.69) is 5.32 Å². The SMILES string of the molecule is CC[C@@H](Oc1ccccc1F)C(=O)NCCOc1ccccc1. The summed E-state index contributed by atoms with van der Waals surface area (Å²) in [6.07, 6.45) is -0.289. The van der Waals surface area contributed by atoms with Crippen LogP contribution in [0.1, 0.15) is 13.3 Å². The normalized spacial score (nSPS) is 11.6. The Labute approximate surface area is 135 Å². The van der Waals surface area contributed by atoms with E-state index in [9.17, 15) is 9.18 Å². The van der Waals surface area contributed by atoms with Crippen LogP contribution in [0.3, 0.4) is 0 Å². The molecule has 0 bridgehead atoms. The lowest BCUT2D eigenvalue weighted by atomic mass is 10.2. The second-order valence-electron chi connectivity index (χ2n) is 4.90. The third kappa shape index (κ3) is 5.29.